The molecule has 0 aliphatic carbocycles. The molecule has 0 spiro atoms. The number of alkyl halides is 3. The third-order valence-corrected chi connectivity index (χ3v) is 3.50. The summed E-state index contributed by atoms with van der Waals surface area (Å²) in [5.74, 6) is 0.327. The van der Waals surface area contributed by atoms with Crippen molar-refractivity contribution in [3.8, 4) is 0 Å². The second kappa shape index (κ2) is 5.48. The molecule has 7 heteroatoms. The Hall–Kier alpha value is -0.750. The van der Waals surface area contributed by atoms with E-state index in [4.69, 9.17) is 16.3 Å². The summed E-state index contributed by atoms with van der Waals surface area (Å²) in [4.78, 5) is 4.89. The summed E-state index contributed by atoms with van der Waals surface area (Å²) in [5, 5.41) is -0.295. The van der Waals surface area contributed by atoms with Crippen molar-refractivity contribution in [2.75, 3.05) is 26.3 Å². The molecule has 102 valence electrons. The van der Waals surface area contributed by atoms with E-state index in [-0.39, 0.29) is 5.16 Å². The number of ether oxygens (including phenoxy) is 1. The lowest BCUT2D eigenvalue weighted by atomic mass is 10.00. The summed E-state index contributed by atoms with van der Waals surface area (Å²) >= 11 is 5.79. The SMILES string of the molecule is FC(F)(F)C1=C(Cl)N(CC2CCOCC2)CC=N1. The van der Waals surface area contributed by atoms with Gasteiger partial charge < -0.3 is 9.64 Å². The molecule has 2 aliphatic rings. The Morgan fingerprint density at radius 1 is 1.39 bits per heavy atom. The third kappa shape index (κ3) is 3.17. The average molecular weight is 283 g/mol. The number of aliphatic imine (C=N–C) groups is 1. The lowest BCUT2D eigenvalue weighted by molar-refractivity contribution is -0.0942. The minimum Gasteiger partial charge on any atom is -0.381 e. The highest BCUT2D eigenvalue weighted by Gasteiger charge is 2.39. The molecule has 2 heterocycles. The van der Waals surface area contributed by atoms with Crippen molar-refractivity contribution in [3.63, 3.8) is 0 Å². The van der Waals surface area contributed by atoms with Crippen LogP contribution in [-0.2, 0) is 4.74 Å². The van der Waals surface area contributed by atoms with Gasteiger partial charge in [-0.05, 0) is 18.8 Å². The normalized spacial score (nSPS) is 22.8. The van der Waals surface area contributed by atoms with Crippen LogP contribution in [0.3, 0.4) is 0 Å². The fraction of sp³-hybridized carbons (Fsp3) is 0.727. The standard InChI is InChI=1S/C11H14ClF3N2O/c12-10-9(11(13,14)15)16-3-4-17(10)7-8-1-5-18-6-2-8/h3,8H,1-2,4-7H2. The Kier molecular flexibility index (Phi) is 4.17. The highest BCUT2D eigenvalue weighted by molar-refractivity contribution is 6.29. The van der Waals surface area contributed by atoms with Gasteiger partial charge in [0, 0.05) is 26.0 Å². The smallest absolute Gasteiger partial charge is 0.381 e. The lowest BCUT2D eigenvalue weighted by Gasteiger charge is -2.32. The Balaban J connectivity index is 2.05. The molecule has 0 N–H and O–H groups in total. The zero-order valence-corrected chi connectivity index (χ0v) is 10.5. The molecule has 1 fully saturated rings. The van der Waals surface area contributed by atoms with Crippen LogP contribution in [0.25, 0.3) is 0 Å². The maximum absolute atomic E-state index is 12.6. The summed E-state index contributed by atoms with van der Waals surface area (Å²) in [6.45, 7) is 2.18. The van der Waals surface area contributed by atoms with Crippen LogP contribution < -0.4 is 0 Å². The van der Waals surface area contributed by atoms with Gasteiger partial charge >= 0.3 is 6.18 Å². The molecule has 0 radical (unpaired) electrons. The number of allylic oxidation sites excluding steroid dienone is 1. The molecular formula is C11H14ClF3N2O. The van der Waals surface area contributed by atoms with Crippen molar-refractivity contribution in [2.45, 2.75) is 19.0 Å². The summed E-state index contributed by atoms with van der Waals surface area (Å²) in [5.41, 5.74) is -0.998. The largest absolute Gasteiger partial charge is 0.436 e. The van der Waals surface area contributed by atoms with E-state index in [2.05, 4.69) is 4.99 Å². The summed E-state index contributed by atoms with van der Waals surface area (Å²) in [7, 11) is 0. The minimum absolute atomic E-state index is 0.295. The highest BCUT2D eigenvalue weighted by Crippen LogP contribution is 2.34. The summed E-state index contributed by atoms with van der Waals surface area (Å²) in [6, 6.07) is 0. The number of nitrogens with zero attached hydrogens (tertiary/aromatic N) is 2. The highest BCUT2D eigenvalue weighted by atomic mass is 35.5. The second-order valence-corrected chi connectivity index (χ2v) is 4.77. The molecule has 18 heavy (non-hydrogen) atoms. The summed E-state index contributed by atoms with van der Waals surface area (Å²) in [6.07, 6.45) is -1.52. The summed E-state index contributed by atoms with van der Waals surface area (Å²) < 4.78 is 43.1. The van der Waals surface area contributed by atoms with Crippen molar-refractivity contribution < 1.29 is 17.9 Å². The Morgan fingerprint density at radius 2 is 2.06 bits per heavy atom. The maximum Gasteiger partial charge on any atom is 0.436 e. The van der Waals surface area contributed by atoms with Crippen LogP contribution in [0.4, 0.5) is 13.2 Å². The fourth-order valence-electron chi connectivity index (χ4n) is 2.10. The minimum atomic E-state index is -4.50. The van der Waals surface area contributed by atoms with Gasteiger partial charge in [-0.1, -0.05) is 11.6 Å². The van der Waals surface area contributed by atoms with Crippen molar-refractivity contribution in [1.82, 2.24) is 4.90 Å². The Labute approximate surface area is 108 Å². The first kappa shape index (κ1) is 13.7. The van der Waals surface area contributed by atoms with Crippen molar-refractivity contribution in [2.24, 2.45) is 10.9 Å². The van der Waals surface area contributed by atoms with Gasteiger partial charge in [0.05, 0.1) is 6.54 Å². The maximum atomic E-state index is 12.6. The zero-order chi connectivity index (χ0) is 13.2. The topological polar surface area (TPSA) is 24.8 Å². The predicted octanol–water partition coefficient (Wildman–Crippen LogP) is 2.77. The third-order valence-electron chi connectivity index (χ3n) is 3.08. The lowest BCUT2D eigenvalue weighted by Crippen LogP contribution is -2.35. The van der Waals surface area contributed by atoms with Gasteiger partial charge in [-0.25, -0.2) is 0 Å². The van der Waals surface area contributed by atoms with E-state index in [9.17, 15) is 13.2 Å². The van der Waals surface area contributed by atoms with E-state index in [0.29, 0.717) is 32.2 Å². The molecule has 0 atom stereocenters. The first-order chi connectivity index (χ1) is 8.48. The molecule has 1 saturated heterocycles. The fourth-order valence-corrected chi connectivity index (χ4v) is 2.39. The number of hydrogen-bond acceptors (Lipinski definition) is 3. The molecule has 0 bridgehead atoms. The number of halogens is 4. The van der Waals surface area contributed by atoms with E-state index in [1.807, 2.05) is 0 Å². The van der Waals surface area contributed by atoms with Gasteiger partial charge in [0.15, 0.2) is 5.70 Å². The van der Waals surface area contributed by atoms with Gasteiger partial charge in [-0.15, -0.1) is 0 Å². The average Bonchev–Trinajstić information content (AvgIpc) is 2.32. The van der Waals surface area contributed by atoms with Crippen LogP contribution in [0.2, 0.25) is 0 Å². The zero-order valence-electron chi connectivity index (χ0n) is 9.71. The van der Waals surface area contributed by atoms with Crippen LogP contribution in [-0.4, -0.2) is 43.6 Å². The number of hydrogen-bond donors (Lipinski definition) is 0. The van der Waals surface area contributed by atoms with Crippen molar-refractivity contribution >= 4 is 17.8 Å². The first-order valence-corrected chi connectivity index (χ1v) is 6.18. The van der Waals surface area contributed by atoms with Crippen LogP contribution >= 0.6 is 11.6 Å². The Morgan fingerprint density at radius 3 is 2.67 bits per heavy atom. The Bertz CT molecular complexity index is 362. The van der Waals surface area contributed by atoms with Crippen LogP contribution in [0.1, 0.15) is 12.8 Å². The van der Waals surface area contributed by atoms with Gasteiger partial charge in [0.1, 0.15) is 5.16 Å². The molecule has 0 aromatic heterocycles. The van der Waals surface area contributed by atoms with Gasteiger partial charge in [0.2, 0.25) is 0 Å². The molecule has 0 saturated carbocycles. The van der Waals surface area contributed by atoms with Crippen molar-refractivity contribution in [3.05, 3.63) is 10.9 Å². The molecule has 0 aromatic carbocycles. The van der Waals surface area contributed by atoms with Crippen LogP contribution in [0.5, 0.6) is 0 Å². The van der Waals surface area contributed by atoms with E-state index in [1.54, 1.807) is 0 Å². The van der Waals surface area contributed by atoms with Crippen molar-refractivity contribution in [1.29, 1.82) is 0 Å². The number of rotatable bonds is 2. The molecule has 2 rings (SSSR count). The van der Waals surface area contributed by atoms with E-state index in [0.717, 1.165) is 12.8 Å². The molecule has 0 aromatic rings. The van der Waals surface area contributed by atoms with Gasteiger partial charge in [-0.3, -0.25) is 4.99 Å². The first-order valence-electron chi connectivity index (χ1n) is 5.80. The second-order valence-electron chi connectivity index (χ2n) is 4.41. The molecule has 0 amide bonds. The van der Waals surface area contributed by atoms with E-state index in [1.165, 1.54) is 11.1 Å². The quantitative estimate of drug-likeness (QED) is 0.728. The van der Waals surface area contributed by atoms with Gasteiger partial charge in [0.25, 0.3) is 0 Å². The van der Waals surface area contributed by atoms with Crippen LogP contribution in [0.15, 0.2) is 15.8 Å². The van der Waals surface area contributed by atoms with E-state index < -0.39 is 11.9 Å². The monoisotopic (exact) mass is 282 g/mol. The van der Waals surface area contributed by atoms with E-state index >= 15 is 0 Å². The molecule has 2 aliphatic heterocycles. The predicted molar refractivity (Wildman–Crippen MR) is 62.5 cm³/mol. The van der Waals surface area contributed by atoms with Crippen LogP contribution in [0, 0.1) is 5.92 Å². The van der Waals surface area contributed by atoms with Gasteiger partial charge in [-0.2, -0.15) is 13.2 Å². The molecular weight excluding hydrogens is 269 g/mol. The molecule has 0 unspecified atom stereocenters. The molecule has 3 nitrogen and oxygen atoms in total.